The van der Waals surface area contributed by atoms with Gasteiger partial charge in [-0.1, -0.05) is 12.2 Å². The highest BCUT2D eigenvalue weighted by molar-refractivity contribution is 5.54. The number of unbranched alkanes of at least 4 members (excludes halogenated alkanes) is 1. The van der Waals surface area contributed by atoms with Crippen molar-refractivity contribution in [2.24, 2.45) is 0 Å². The quantitative estimate of drug-likeness (QED) is 0.366. The lowest BCUT2D eigenvalue weighted by molar-refractivity contribution is 0.284. The van der Waals surface area contributed by atoms with Gasteiger partial charge in [-0.15, -0.1) is 0 Å². The molecule has 3 heterocycles. The molecule has 1 aliphatic heterocycles. The average Bonchev–Trinajstić information content (AvgIpc) is 3.21. The Morgan fingerprint density at radius 2 is 1.81 bits per heavy atom. The van der Waals surface area contributed by atoms with Crippen LogP contribution in [0, 0.1) is 18.6 Å². The van der Waals surface area contributed by atoms with Gasteiger partial charge in [-0.3, -0.25) is 4.90 Å². The van der Waals surface area contributed by atoms with E-state index in [4.69, 9.17) is 10.8 Å². The van der Waals surface area contributed by atoms with Crippen molar-refractivity contribution in [3.8, 4) is 5.82 Å². The number of hydrogen-bond acceptors (Lipinski definition) is 8. The lowest BCUT2D eigenvalue weighted by atomic mass is 10.2. The van der Waals surface area contributed by atoms with Crippen LogP contribution in [0.2, 0.25) is 0 Å². The normalized spacial score (nSPS) is 14.6. The lowest BCUT2D eigenvalue weighted by Gasteiger charge is -2.35. The highest BCUT2D eigenvalue weighted by Crippen LogP contribution is 2.20. The first kappa shape index (κ1) is 25.5. The van der Waals surface area contributed by atoms with E-state index >= 15 is 0 Å². The monoisotopic (exact) mass is 498 g/mol. The third-order valence-electron chi connectivity index (χ3n) is 6.13. The zero-order valence-corrected chi connectivity index (χ0v) is 20.4. The molecule has 0 saturated carbocycles. The number of piperazine rings is 1. The van der Waals surface area contributed by atoms with Crippen LogP contribution in [-0.4, -0.2) is 75.6 Å². The third-order valence-corrected chi connectivity index (χ3v) is 6.13. The maximum absolute atomic E-state index is 13.5. The number of aromatic nitrogens is 4. The van der Waals surface area contributed by atoms with Crippen LogP contribution in [-0.2, 0) is 0 Å². The number of nitrogens with zero attached hydrogens (tertiary/aromatic N) is 6. The van der Waals surface area contributed by atoms with E-state index in [1.54, 1.807) is 16.9 Å². The fourth-order valence-electron chi connectivity index (χ4n) is 4.16. The number of nitrogens with one attached hydrogen (secondary N) is 1. The fourth-order valence-corrected chi connectivity index (χ4v) is 4.16. The number of anilines is 3. The number of aliphatic hydroxyl groups excluding tert-OH is 1. The minimum atomic E-state index is -0.554. The third kappa shape index (κ3) is 6.55. The second kappa shape index (κ2) is 11.9. The largest absolute Gasteiger partial charge is 0.396 e. The molecule has 1 saturated heterocycles. The number of rotatable bonds is 10. The molecule has 0 unspecified atom stereocenters. The zero-order chi connectivity index (χ0) is 25.5. The smallest absolute Gasteiger partial charge is 0.224 e. The van der Waals surface area contributed by atoms with Gasteiger partial charge in [-0.25, -0.2) is 13.5 Å². The Morgan fingerprint density at radius 3 is 2.53 bits per heavy atom. The molecule has 36 heavy (non-hydrogen) atoms. The summed E-state index contributed by atoms with van der Waals surface area (Å²) >= 11 is 0. The summed E-state index contributed by atoms with van der Waals surface area (Å²) in [5, 5.41) is 16.6. The van der Waals surface area contributed by atoms with E-state index in [0.29, 0.717) is 37.0 Å². The topological polar surface area (TPSA) is 108 Å². The molecule has 4 N–H and O–H groups in total. The van der Waals surface area contributed by atoms with E-state index in [1.807, 2.05) is 17.9 Å². The predicted molar refractivity (Wildman–Crippen MR) is 137 cm³/mol. The Labute approximate surface area is 209 Å². The van der Waals surface area contributed by atoms with Crippen LogP contribution < -0.4 is 16.0 Å². The van der Waals surface area contributed by atoms with Crippen molar-refractivity contribution in [1.82, 2.24) is 24.6 Å². The summed E-state index contributed by atoms with van der Waals surface area (Å²) in [6, 6.07) is 5.44. The van der Waals surface area contributed by atoms with Gasteiger partial charge in [-0.2, -0.15) is 15.1 Å². The van der Waals surface area contributed by atoms with Gasteiger partial charge in [0.2, 0.25) is 5.95 Å². The molecule has 1 fully saturated rings. The van der Waals surface area contributed by atoms with E-state index in [2.05, 4.69) is 31.4 Å². The number of aliphatic hydroxyl groups is 1. The molecule has 0 radical (unpaired) electrons. The number of hydrogen-bond donors (Lipinski definition) is 3. The Kier molecular flexibility index (Phi) is 8.44. The Hall–Kier alpha value is -3.57. The van der Waals surface area contributed by atoms with Crippen molar-refractivity contribution >= 4 is 23.5 Å². The first-order valence-electron chi connectivity index (χ1n) is 12.1. The zero-order valence-electron chi connectivity index (χ0n) is 20.4. The van der Waals surface area contributed by atoms with Crippen LogP contribution in [0.1, 0.15) is 24.1 Å². The van der Waals surface area contributed by atoms with Gasteiger partial charge in [-0.05, 0) is 31.9 Å². The van der Waals surface area contributed by atoms with Crippen molar-refractivity contribution in [3.63, 3.8) is 0 Å². The predicted octanol–water partition coefficient (Wildman–Crippen LogP) is 2.85. The second-order valence-electron chi connectivity index (χ2n) is 8.74. The first-order valence-corrected chi connectivity index (χ1v) is 12.1. The van der Waals surface area contributed by atoms with Gasteiger partial charge in [0.1, 0.15) is 17.5 Å². The van der Waals surface area contributed by atoms with Gasteiger partial charge in [0.25, 0.3) is 0 Å². The van der Waals surface area contributed by atoms with Crippen LogP contribution in [0.5, 0.6) is 0 Å². The van der Waals surface area contributed by atoms with E-state index < -0.39 is 11.6 Å². The number of halogens is 2. The van der Waals surface area contributed by atoms with E-state index in [9.17, 15) is 8.78 Å². The summed E-state index contributed by atoms with van der Waals surface area (Å²) in [5.74, 6) is 0.240. The van der Waals surface area contributed by atoms with Crippen LogP contribution in [0.3, 0.4) is 0 Å². The molecule has 192 valence electrons. The standard InChI is InChI=1S/C25H32F2N8O/c1-18-19(17-30-35(18)24-16-23(31-25(28)32-24)29-6-2-3-12-36)5-4-7-33-8-10-34(11-9-33)22-14-20(26)13-21(27)15-22/h4-5,13-17,36H,2-3,6-12H2,1H3,(H3,28,29,31,32)/b5-4+. The van der Waals surface area contributed by atoms with Gasteiger partial charge in [0.15, 0.2) is 5.82 Å². The van der Waals surface area contributed by atoms with E-state index in [0.717, 1.165) is 49.8 Å². The summed E-state index contributed by atoms with van der Waals surface area (Å²) in [7, 11) is 0. The van der Waals surface area contributed by atoms with Gasteiger partial charge in [0, 0.05) is 69.3 Å². The van der Waals surface area contributed by atoms with Crippen LogP contribution in [0.25, 0.3) is 11.9 Å². The molecular formula is C25H32F2N8O. The van der Waals surface area contributed by atoms with Crippen molar-refractivity contribution < 1.29 is 13.9 Å². The highest BCUT2D eigenvalue weighted by atomic mass is 19.1. The minimum Gasteiger partial charge on any atom is -0.396 e. The van der Waals surface area contributed by atoms with Gasteiger partial charge < -0.3 is 21.1 Å². The maximum atomic E-state index is 13.5. The van der Waals surface area contributed by atoms with Crippen molar-refractivity contribution in [2.75, 3.05) is 61.8 Å². The molecule has 1 aliphatic rings. The van der Waals surface area contributed by atoms with E-state index in [-0.39, 0.29) is 12.6 Å². The second-order valence-corrected chi connectivity index (χ2v) is 8.74. The summed E-state index contributed by atoms with van der Waals surface area (Å²) in [6.07, 6.45) is 7.45. The summed E-state index contributed by atoms with van der Waals surface area (Å²) in [5.41, 5.74) is 8.38. The molecule has 9 nitrogen and oxygen atoms in total. The molecule has 0 amide bonds. The Balaban J connectivity index is 1.33. The van der Waals surface area contributed by atoms with Gasteiger partial charge >= 0.3 is 0 Å². The average molecular weight is 499 g/mol. The summed E-state index contributed by atoms with van der Waals surface area (Å²) in [6.45, 7) is 6.58. The van der Waals surface area contributed by atoms with Crippen molar-refractivity contribution in [3.05, 3.63) is 59.4 Å². The molecule has 0 atom stereocenters. The van der Waals surface area contributed by atoms with Crippen molar-refractivity contribution in [1.29, 1.82) is 0 Å². The van der Waals surface area contributed by atoms with E-state index in [1.165, 1.54) is 12.1 Å². The van der Waals surface area contributed by atoms with Crippen LogP contribution >= 0.6 is 0 Å². The Bertz CT molecular complexity index is 1170. The fraction of sp³-hybridized carbons (Fsp3) is 0.400. The van der Waals surface area contributed by atoms with Crippen molar-refractivity contribution in [2.45, 2.75) is 19.8 Å². The summed E-state index contributed by atoms with van der Waals surface area (Å²) in [4.78, 5) is 12.8. The molecule has 1 aromatic carbocycles. The molecular weight excluding hydrogens is 466 g/mol. The molecule has 0 aliphatic carbocycles. The number of benzene rings is 1. The molecule has 0 spiro atoms. The minimum absolute atomic E-state index is 0.157. The first-order chi connectivity index (χ1) is 17.4. The molecule has 11 heteroatoms. The molecule has 2 aromatic heterocycles. The summed E-state index contributed by atoms with van der Waals surface area (Å²) < 4.78 is 28.8. The molecule has 0 bridgehead atoms. The van der Waals surface area contributed by atoms with Crippen LogP contribution in [0.4, 0.5) is 26.2 Å². The lowest BCUT2D eigenvalue weighted by Crippen LogP contribution is -2.46. The Morgan fingerprint density at radius 1 is 1.06 bits per heavy atom. The van der Waals surface area contributed by atoms with Gasteiger partial charge in [0.05, 0.1) is 11.9 Å². The number of nitrogens with two attached hydrogens (primary N) is 1. The highest BCUT2D eigenvalue weighted by Gasteiger charge is 2.17. The molecule has 3 aromatic rings. The maximum Gasteiger partial charge on any atom is 0.224 e. The molecule has 4 rings (SSSR count). The number of nitrogen functional groups attached to an aromatic ring is 1. The SMILES string of the molecule is Cc1c(/C=C/CN2CCN(c3cc(F)cc(F)c3)CC2)cnn1-c1cc(NCCCCO)nc(N)n1. The van der Waals surface area contributed by atoms with Crippen LogP contribution in [0.15, 0.2) is 36.5 Å².